The zero-order valence-electron chi connectivity index (χ0n) is 6.83. The fourth-order valence-corrected chi connectivity index (χ4v) is 1.73. The summed E-state index contributed by atoms with van der Waals surface area (Å²) in [7, 11) is 0. The zero-order valence-corrected chi connectivity index (χ0v) is 8.41. The second kappa shape index (κ2) is 3.14. The minimum Gasteiger partial charge on any atom is -0.377 e. The Labute approximate surface area is 79.0 Å². The van der Waals surface area contributed by atoms with E-state index in [1.54, 1.807) is 0 Å². The average molecular weight is 232 g/mol. The van der Waals surface area contributed by atoms with Gasteiger partial charge in [0.2, 0.25) is 0 Å². The van der Waals surface area contributed by atoms with Crippen LogP contribution >= 0.6 is 15.9 Å². The van der Waals surface area contributed by atoms with Crippen molar-refractivity contribution in [2.24, 2.45) is 0 Å². The summed E-state index contributed by atoms with van der Waals surface area (Å²) in [5, 5.41) is 8.88. The Kier molecular flexibility index (Phi) is 2.14. The highest BCUT2D eigenvalue weighted by Crippen LogP contribution is 2.19. The van der Waals surface area contributed by atoms with Crippen molar-refractivity contribution in [2.75, 3.05) is 13.2 Å². The van der Waals surface area contributed by atoms with Crippen molar-refractivity contribution in [3.63, 3.8) is 0 Å². The minimum atomic E-state index is 0.408. The molecule has 0 spiro atoms. The van der Waals surface area contributed by atoms with Crippen LogP contribution in [0.3, 0.4) is 0 Å². The second-order valence-corrected chi connectivity index (χ2v) is 3.45. The summed E-state index contributed by atoms with van der Waals surface area (Å²) in [6, 6.07) is 0.408. The summed E-state index contributed by atoms with van der Waals surface area (Å²) in [5.41, 5.74) is 2.15. The molecule has 1 fully saturated rings. The molecule has 1 aromatic heterocycles. The molecule has 2 heterocycles. The highest BCUT2D eigenvalue weighted by atomic mass is 79.9. The highest BCUT2D eigenvalue weighted by molar-refractivity contribution is 9.08. The number of hydrogen-bond acceptors (Lipinski definition) is 3. The zero-order chi connectivity index (χ0) is 8.55. The van der Waals surface area contributed by atoms with Gasteiger partial charge in [0.05, 0.1) is 24.6 Å². The maximum absolute atomic E-state index is 5.09. The van der Waals surface area contributed by atoms with Crippen molar-refractivity contribution in [3.05, 3.63) is 11.4 Å². The SMILES string of the molecule is Cc1c(CBr)nnn1C1COC1. The van der Waals surface area contributed by atoms with E-state index >= 15 is 0 Å². The van der Waals surface area contributed by atoms with Gasteiger partial charge in [-0.3, -0.25) is 0 Å². The summed E-state index contributed by atoms with van der Waals surface area (Å²) in [6.45, 7) is 3.58. The lowest BCUT2D eigenvalue weighted by atomic mass is 10.2. The monoisotopic (exact) mass is 231 g/mol. The molecular weight excluding hydrogens is 222 g/mol. The van der Waals surface area contributed by atoms with Crippen LogP contribution < -0.4 is 0 Å². The third-order valence-corrected chi connectivity index (χ3v) is 2.65. The van der Waals surface area contributed by atoms with Crippen molar-refractivity contribution < 1.29 is 4.74 Å². The number of alkyl halides is 1. The van der Waals surface area contributed by atoms with E-state index in [-0.39, 0.29) is 0 Å². The molecule has 12 heavy (non-hydrogen) atoms. The third-order valence-electron chi connectivity index (χ3n) is 2.12. The molecule has 0 unspecified atom stereocenters. The van der Waals surface area contributed by atoms with Gasteiger partial charge >= 0.3 is 0 Å². The summed E-state index contributed by atoms with van der Waals surface area (Å²) < 4.78 is 7.03. The molecule has 0 N–H and O–H groups in total. The van der Waals surface area contributed by atoms with E-state index in [2.05, 4.69) is 26.2 Å². The van der Waals surface area contributed by atoms with Gasteiger partial charge in [-0.1, -0.05) is 21.1 Å². The summed E-state index contributed by atoms with van der Waals surface area (Å²) in [5.74, 6) is 0. The van der Waals surface area contributed by atoms with Crippen LogP contribution in [0.5, 0.6) is 0 Å². The molecule has 0 aromatic carbocycles. The predicted octanol–water partition coefficient (Wildman–Crippen LogP) is 1.05. The smallest absolute Gasteiger partial charge is 0.101 e. The van der Waals surface area contributed by atoms with E-state index in [1.165, 1.54) is 0 Å². The number of hydrogen-bond donors (Lipinski definition) is 0. The standard InChI is InChI=1S/C7H10BrN3O/c1-5-7(2-8)9-10-11(5)6-3-12-4-6/h6H,2-4H2,1H3. The van der Waals surface area contributed by atoms with E-state index in [9.17, 15) is 0 Å². The van der Waals surface area contributed by atoms with Crippen LogP contribution in [-0.4, -0.2) is 28.2 Å². The van der Waals surface area contributed by atoms with Gasteiger partial charge in [-0.05, 0) is 6.92 Å². The Morgan fingerprint density at radius 1 is 1.67 bits per heavy atom. The first kappa shape index (κ1) is 8.19. The molecule has 1 aliphatic rings. The minimum absolute atomic E-state index is 0.408. The Balaban J connectivity index is 2.25. The fourth-order valence-electron chi connectivity index (χ4n) is 1.21. The van der Waals surface area contributed by atoms with Crippen molar-refractivity contribution in [2.45, 2.75) is 18.3 Å². The summed E-state index contributed by atoms with van der Waals surface area (Å²) in [6.07, 6.45) is 0. The molecule has 0 saturated carbocycles. The molecule has 0 radical (unpaired) electrons. The van der Waals surface area contributed by atoms with E-state index < -0.39 is 0 Å². The van der Waals surface area contributed by atoms with Gasteiger partial charge < -0.3 is 4.74 Å². The van der Waals surface area contributed by atoms with Crippen molar-refractivity contribution >= 4 is 15.9 Å². The molecule has 1 aliphatic heterocycles. The molecule has 5 heteroatoms. The maximum Gasteiger partial charge on any atom is 0.101 e. The normalized spacial score (nSPS) is 17.8. The van der Waals surface area contributed by atoms with Gasteiger partial charge in [-0.25, -0.2) is 4.68 Å². The van der Waals surface area contributed by atoms with Crippen molar-refractivity contribution in [1.82, 2.24) is 15.0 Å². The molecule has 2 rings (SSSR count). The molecular formula is C7H10BrN3O. The van der Waals surface area contributed by atoms with Crippen LogP contribution in [0.25, 0.3) is 0 Å². The quantitative estimate of drug-likeness (QED) is 0.715. The largest absolute Gasteiger partial charge is 0.377 e. The van der Waals surface area contributed by atoms with Gasteiger partial charge in [-0.2, -0.15) is 0 Å². The molecule has 0 aliphatic carbocycles. The molecule has 0 bridgehead atoms. The number of halogens is 1. The van der Waals surface area contributed by atoms with Crippen molar-refractivity contribution in [3.8, 4) is 0 Å². The van der Waals surface area contributed by atoms with Gasteiger partial charge in [0.1, 0.15) is 6.04 Å². The van der Waals surface area contributed by atoms with Crippen LogP contribution in [0.15, 0.2) is 0 Å². The third kappa shape index (κ3) is 1.17. The Hall–Kier alpha value is -0.420. The number of nitrogens with zero attached hydrogens (tertiary/aromatic N) is 3. The topological polar surface area (TPSA) is 39.9 Å². The van der Waals surface area contributed by atoms with Crippen LogP contribution in [0.1, 0.15) is 17.4 Å². The van der Waals surface area contributed by atoms with Gasteiger partial charge in [0.15, 0.2) is 0 Å². The second-order valence-electron chi connectivity index (χ2n) is 2.89. The van der Waals surface area contributed by atoms with E-state index in [4.69, 9.17) is 4.74 Å². The number of ether oxygens (including phenoxy) is 1. The molecule has 4 nitrogen and oxygen atoms in total. The van der Waals surface area contributed by atoms with Crippen molar-refractivity contribution in [1.29, 1.82) is 0 Å². The molecule has 1 aromatic rings. The Morgan fingerprint density at radius 2 is 2.42 bits per heavy atom. The lowest BCUT2D eigenvalue weighted by molar-refractivity contribution is -0.0302. The Bertz CT molecular complexity index is 282. The van der Waals surface area contributed by atoms with Gasteiger partial charge in [0.25, 0.3) is 0 Å². The molecule has 0 amide bonds. The van der Waals surface area contributed by atoms with E-state index in [1.807, 2.05) is 11.6 Å². The summed E-state index contributed by atoms with van der Waals surface area (Å²) >= 11 is 3.36. The van der Waals surface area contributed by atoms with E-state index in [0.717, 1.165) is 29.9 Å². The number of aromatic nitrogens is 3. The highest BCUT2D eigenvalue weighted by Gasteiger charge is 2.23. The van der Waals surface area contributed by atoms with Gasteiger partial charge in [0, 0.05) is 5.33 Å². The maximum atomic E-state index is 5.09. The molecule has 1 saturated heterocycles. The fraction of sp³-hybridized carbons (Fsp3) is 0.714. The lowest BCUT2D eigenvalue weighted by Gasteiger charge is -2.26. The van der Waals surface area contributed by atoms with Gasteiger partial charge in [-0.15, -0.1) is 5.10 Å². The van der Waals surface area contributed by atoms with Crippen LogP contribution in [0, 0.1) is 6.92 Å². The average Bonchev–Trinajstić information content (AvgIpc) is 2.30. The predicted molar refractivity (Wildman–Crippen MR) is 47.2 cm³/mol. The number of rotatable bonds is 2. The summed E-state index contributed by atoms with van der Waals surface area (Å²) in [4.78, 5) is 0. The first-order chi connectivity index (χ1) is 5.83. The first-order valence-corrected chi connectivity index (χ1v) is 4.99. The van der Waals surface area contributed by atoms with Crippen LogP contribution in [0.4, 0.5) is 0 Å². The lowest BCUT2D eigenvalue weighted by Crippen LogP contribution is -2.32. The Morgan fingerprint density at radius 3 is 2.83 bits per heavy atom. The first-order valence-electron chi connectivity index (χ1n) is 3.87. The van der Waals surface area contributed by atoms with Crippen LogP contribution in [0.2, 0.25) is 0 Å². The van der Waals surface area contributed by atoms with Crippen LogP contribution in [-0.2, 0) is 10.1 Å². The molecule has 66 valence electrons. The molecule has 0 atom stereocenters. The van der Waals surface area contributed by atoms with E-state index in [0.29, 0.717) is 6.04 Å².